The van der Waals surface area contributed by atoms with E-state index in [1.165, 1.54) is 0 Å². The number of benzene rings is 1. The smallest absolute Gasteiger partial charge is 0.496 e. The van der Waals surface area contributed by atoms with Crippen LogP contribution in [0, 0.1) is 11.3 Å². The fourth-order valence-electron chi connectivity index (χ4n) is 6.87. The molecule has 4 rings (SSSR count). The van der Waals surface area contributed by atoms with Crippen molar-refractivity contribution in [3.05, 3.63) is 49.2 Å². The zero-order valence-corrected chi connectivity index (χ0v) is 28.0. The zero-order chi connectivity index (χ0) is 33.5. The molecule has 46 heavy (non-hydrogen) atoms. The van der Waals surface area contributed by atoms with Crippen LogP contribution < -0.4 is 14.8 Å². The van der Waals surface area contributed by atoms with Crippen LogP contribution in [0.5, 0.6) is 11.6 Å². The molecule has 2 fully saturated rings. The van der Waals surface area contributed by atoms with Gasteiger partial charge in [0.2, 0.25) is 5.88 Å². The Morgan fingerprint density at radius 2 is 1.89 bits per heavy atom. The van der Waals surface area contributed by atoms with Crippen molar-refractivity contribution in [2.75, 3.05) is 26.9 Å². The molecule has 1 aliphatic carbocycles. The number of carbonyl (C=O) groups is 3. The third kappa shape index (κ3) is 7.54. The summed E-state index contributed by atoms with van der Waals surface area (Å²) in [6.45, 7) is 15.6. The second kappa shape index (κ2) is 15.1. The van der Waals surface area contributed by atoms with Gasteiger partial charge >= 0.3 is 18.1 Å². The number of alkyl carbamates (subject to hydrolysis) is 1. The number of ether oxygens (including phenoxy) is 4. The SMILES string of the molecule is C=CCC(C)(C)COC(=O)N[C@H](C(=O)[N+]1(C(=O)OCC)C[C@H](Oc2nccc3cc(OC)c(C=C)cc23)C[C@H]1C)C1CCCCC1. The lowest BCUT2D eigenvalue weighted by Crippen LogP contribution is -2.67. The van der Waals surface area contributed by atoms with Crippen molar-refractivity contribution in [2.45, 2.75) is 90.8 Å². The highest BCUT2D eigenvalue weighted by atomic mass is 16.6. The first-order chi connectivity index (χ1) is 22.0. The second-order valence-electron chi connectivity index (χ2n) is 13.3. The van der Waals surface area contributed by atoms with Crippen molar-refractivity contribution in [1.82, 2.24) is 10.3 Å². The van der Waals surface area contributed by atoms with Crippen LogP contribution in [0.25, 0.3) is 16.8 Å². The van der Waals surface area contributed by atoms with Crippen LogP contribution in [0.4, 0.5) is 9.59 Å². The standard InChI is InChI=1S/C36H49N3O7/c1-8-17-36(5,6)23-45-34(41)38-31(26-14-12-11-13-15-26)33(40)39(35(42)44-10-3)22-28(19-24(39)4)46-32-29-20-25(9-2)30(43-7)21-27(29)16-18-37-32/h8-9,16,18,20-21,24,26,28,31H,1-2,10-15,17,19,22-23H2,3-7H3/p+1/t24-,28-,31+,39?/m1/s1. The Balaban J connectivity index is 1.65. The van der Waals surface area contributed by atoms with Crippen molar-refractivity contribution in [3.8, 4) is 11.6 Å². The molecule has 4 atom stereocenters. The van der Waals surface area contributed by atoms with E-state index in [4.69, 9.17) is 18.9 Å². The van der Waals surface area contributed by atoms with E-state index < -0.39 is 40.8 Å². The van der Waals surface area contributed by atoms with Gasteiger partial charge in [0.25, 0.3) is 0 Å². The molecule has 1 aromatic heterocycles. The number of carbonyl (C=O) groups excluding carboxylic acids is 3. The summed E-state index contributed by atoms with van der Waals surface area (Å²) in [5, 5.41) is 4.54. The Labute approximate surface area is 272 Å². The van der Waals surface area contributed by atoms with E-state index >= 15 is 0 Å². The molecule has 1 N–H and O–H groups in total. The predicted octanol–water partition coefficient (Wildman–Crippen LogP) is 7.20. The first-order valence-electron chi connectivity index (χ1n) is 16.4. The number of likely N-dealkylation sites (tertiary alicyclic amines) is 1. The summed E-state index contributed by atoms with van der Waals surface area (Å²) in [7, 11) is 1.61. The average Bonchev–Trinajstić information content (AvgIpc) is 3.38. The highest BCUT2D eigenvalue weighted by molar-refractivity contribution is 5.91. The topological polar surface area (TPSA) is 113 Å². The molecule has 3 amide bonds. The minimum atomic E-state index is -0.917. The number of aromatic nitrogens is 1. The number of imide groups is 1. The van der Waals surface area contributed by atoms with Crippen LogP contribution in [0.15, 0.2) is 43.6 Å². The normalized spacial score (nSPS) is 22.5. The van der Waals surface area contributed by atoms with Gasteiger partial charge in [-0.1, -0.05) is 51.8 Å². The van der Waals surface area contributed by atoms with Crippen molar-refractivity contribution >= 4 is 34.9 Å². The third-order valence-corrected chi connectivity index (χ3v) is 9.36. The zero-order valence-electron chi connectivity index (χ0n) is 28.0. The van der Waals surface area contributed by atoms with Gasteiger partial charge in [-0.25, -0.2) is 14.6 Å². The van der Waals surface area contributed by atoms with E-state index in [0.717, 1.165) is 48.4 Å². The van der Waals surface area contributed by atoms with Gasteiger partial charge < -0.3 is 24.3 Å². The number of hydrogen-bond acceptors (Lipinski definition) is 8. The number of amides is 3. The van der Waals surface area contributed by atoms with Crippen molar-refractivity contribution < 1.29 is 37.8 Å². The Morgan fingerprint density at radius 3 is 2.54 bits per heavy atom. The lowest BCUT2D eigenvalue weighted by atomic mass is 9.83. The van der Waals surface area contributed by atoms with Crippen LogP contribution in [0.3, 0.4) is 0 Å². The molecule has 2 aromatic rings. The molecule has 0 bridgehead atoms. The fourth-order valence-corrected chi connectivity index (χ4v) is 6.87. The Kier molecular flexibility index (Phi) is 11.5. The molecule has 10 nitrogen and oxygen atoms in total. The van der Waals surface area contributed by atoms with E-state index in [-0.39, 0.29) is 31.1 Å². The summed E-state index contributed by atoms with van der Waals surface area (Å²) in [6.07, 6.45) is 8.90. The van der Waals surface area contributed by atoms with E-state index in [2.05, 4.69) is 23.5 Å². The quantitative estimate of drug-likeness (QED) is 0.192. The molecule has 1 aliphatic heterocycles. The minimum Gasteiger partial charge on any atom is -0.496 e. The summed E-state index contributed by atoms with van der Waals surface area (Å²) in [5.41, 5.74) is 0.490. The summed E-state index contributed by atoms with van der Waals surface area (Å²) >= 11 is 0. The van der Waals surface area contributed by atoms with E-state index in [1.54, 1.807) is 32.4 Å². The molecule has 2 aliphatic rings. The second-order valence-corrected chi connectivity index (χ2v) is 13.3. The number of quaternary nitrogens is 1. The highest BCUT2D eigenvalue weighted by Gasteiger charge is 2.61. The average molecular weight is 637 g/mol. The first-order valence-corrected chi connectivity index (χ1v) is 16.4. The lowest BCUT2D eigenvalue weighted by Gasteiger charge is -2.37. The minimum absolute atomic E-state index is 0.0493. The highest BCUT2D eigenvalue weighted by Crippen LogP contribution is 2.38. The molecule has 1 saturated carbocycles. The Hall–Kier alpha value is -3.92. The number of allylic oxidation sites excluding steroid dienone is 1. The van der Waals surface area contributed by atoms with E-state index in [1.807, 2.05) is 39.0 Å². The number of methoxy groups -OCH3 is 1. The summed E-state index contributed by atoms with van der Waals surface area (Å²) in [4.78, 5) is 46.4. The molecule has 2 heterocycles. The maximum atomic E-state index is 14.8. The number of nitrogens with zero attached hydrogens (tertiary/aromatic N) is 2. The number of pyridine rings is 1. The van der Waals surface area contributed by atoms with Gasteiger partial charge in [0, 0.05) is 29.0 Å². The van der Waals surface area contributed by atoms with Crippen LogP contribution >= 0.6 is 0 Å². The Bertz CT molecular complexity index is 1430. The lowest BCUT2D eigenvalue weighted by molar-refractivity contribution is -0.795. The molecular formula is C36H50N3O7+. The van der Waals surface area contributed by atoms with Gasteiger partial charge in [-0.2, -0.15) is 9.28 Å². The van der Waals surface area contributed by atoms with Gasteiger partial charge in [0.1, 0.15) is 18.3 Å². The number of rotatable bonds is 12. The number of fused-ring (bicyclic) bond motifs is 1. The molecule has 1 unspecified atom stereocenters. The summed E-state index contributed by atoms with van der Waals surface area (Å²) in [5.74, 6) is 0.556. The Morgan fingerprint density at radius 1 is 1.15 bits per heavy atom. The maximum absolute atomic E-state index is 14.8. The van der Waals surface area contributed by atoms with Crippen molar-refractivity contribution in [3.63, 3.8) is 0 Å². The van der Waals surface area contributed by atoms with Crippen LogP contribution in [-0.2, 0) is 14.3 Å². The van der Waals surface area contributed by atoms with E-state index in [9.17, 15) is 14.4 Å². The van der Waals surface area contributed by atoms with Gasteiger partial charge in [0.15, 0.2) is 12.1 Å². The molecule has 1 aromatic carbocycles. The monoisotopic (exact) mass is 636 g/mol. The molecular weight excluding hydrogens is 586 g/mol. The third-order valence-electron chi connectivity index (χ3n) is 9.36. The van der Waals surface area contributed by atoms with Gasteiger partial charge in [-0.15, -0.1) is 6.58 Å². The van der Waals surface area contributed by atoms with Crippen LogP contribution in [0.2, 0.25) is 0 Å². The van der Waals surface area contributed by atoms with Gasteiger partial charge in [0.05, 0.1) is 20.3 Å². The molecule has 1 saturated heterocycles. The molecule has 10 heteroatoms. The summed E-state index contributed by atoms with van der Waals surface area (Å²) < 4.78 is 22.6. The van der Waals surface area contributed by atoms with Gasteiger partial charge in [-0.3, -0.25) is 0 Å². The predicted molar refractivity (Wildman–Crippen MR) is 177 cm³/mol. The number of hydrogen-bond donors (Lipinski definition) is 1. The van der Waals surface area contributed by atoms with Crippen LogP contribution in [0.1, 0.15) is 78.2 Å². The molecule has 0 spiro atoms. The van der Waals surface area contributed by atoms with Crippen LogP contribution in [-0.4, -0.2) is 72.6 Å². The molecule has 0 radical (unpaired) electrons. The summed E-state index contributed by atoms with van der Waals surface area (Å²) in [6, 6.07) is 4.30. The number of nitrogens with one attached hydrogen (secondary N) is 1. The largest absolute Gasteiger partial charge is 0.524 e. The van der Waals surface area contributed by atoms with Crippen molar-refractivity contribution in [1.29, 1.82) is 0 Å². The van der Waals surface area contributed by atoms with E-state index in [0.29, 0.717) is 24.5 Å². The van der Waals surface area contributed by atoms with Gasteiger partial charge in [-0.05, 0) is 62.6 Å². The maximum Gasteiger partial charge on any atom is 0.524 e. The first kappa shape index (κ1) is 34.9. The van der Waals surface area contributed by atoms with Crippen molar-refractivity contribution in [2.24, 2.45) is 11.3 Å². The molecule has 250 valence electrons. The fraction of sp³-hybridized carbons (Fsp3) is 0.556.